The summed E-state index contributed by atoms with van der Waals surface area (Å²) in [5.74, 6) is 0.710. The normalized spacial score (nSPS) is 27.3. The highest BCUT2D eigenvalue weighted by Gasteiger charge is 2.33. The van der Waals surface area contributed by atoms with Crippen LogP contribution in [0.25, 0.3) is 0 Å². The van der Waals surface area contributed by atoms with E-state index >= 15 is 0 Å². The van der Waals surface area contributed by atoms with Crippen LogP contribution in [-0.4, -0.2) is 36.0 Å². The van der Waals surface area contributed by atoms with Crippen molar-refractivity contribution in [2.24, 2.45) is 5.92 Å². The van der Waals surface area contributed by atoms with Crippen LogP contribution in [0.1, 0.15) is 58.3 Å². The first-order chi connectivity index (χ1) is 9.63. The molecule has 1 N–H and O–H groups in total. The van der Waals surface area contributed by atoms with Crippen molar-refractivity contribution in [3.05, 3.63) is 0 Å². The van der Waals surface area contributed by atoms with Gasteiger partial charge in [-0.3, -0.25) is 9.69 Å². The number of carbonyl (C=O) groups excluding carboxylic acids is 1. The van der Waals surface area contributed by atoms with Gasteiger partial charge in [0.25, 0.3) is 0 Å². The minimum absolute atomic E-state index is 0.0301. The molecule has 0 bridgehead atoms. The van der Waals surface area contributed by atoms with Gasteiger partial charge in [-0.25, -0.2) is 0 Å². The summed E-state index contributed by atoms with van der Waals surface area (Å²) in [6.45, 7) is 4.71. The Morgan fingerprint density at radius 3 is 2.60 bits per heavy atom. The maximum atomic E-state index is 12.3. The minimum Gasteiger partial charge on any atom is -0.337 e. The van der Waals surface area contributed by atoms with Gasteiger partial charge in [-0.05, 0) is 38.1 Å². The minimum atomic E-state index is -0.602. The highest BCUT2D eigenvalue weighted by atomic mass is 16.2. The quantitative estimate of drug-likeness (QED) is 0.806. The third kappa shape index (κ3) is 4.21. The number of nitrogens with one attached hydrogen (secondary N) is 1. The highest BCUT2D eigenvalue weighted by molar-refractivity contribution is 5.79. The lowest BCUT2D eigenvalue weighted by Crippen LogP contribution is -2.51. The first kappa shape index (κ1) is 15.3. The maximum absolute atomic E-state index is 12.3. The molecule has 4 nitrogen and oxygen atoms in total. The Balaban J connectivity index is 1.87. The number of amides is 1. The molecule has 2 rings (SSSR count). The Kier molecular flexibility index (Phi) is 5.42. The second-order valence-corrected chi connectivity index (χ2v) is 6.64. The first-order valence-electron chi connectivity index (χ1n) is 8.08. The van der Waals surface area contributed by atoms with Crippen molar-refractivity contribution in [1.29, 1.82) is 5.26 Å². The van der Waals surface area contributed by atoms with E-state index in [2.05, 4.69) is 23.2 Å². The van der Waals surface area contributed by atoms with Gasteiger partial charge in [0.05, 0.1) is 12.6 Å². The van der Waals surface area contributed by atoms with E-state index in [0.29, 0.717) is 12.5 Å². The van der Waals surface area contributed by atoms with Crippen molar-refractivity contribution in [2.75, 3.05) is 19.6 Å². The average Bonchev–Trinajstić information content (AvgIpc) is 2.65. The summed E-state index contributed by atoms with van der Waals surface area (Å²) in [4.78, 5) is 14.5. The van der Waals surface area contributed by atoms with Crippen LogP contribution in [0.4, 0.5) is 0 Å². The molecule has 1 amide bonds. The van der Waals surface area contributed by atoms with Gasteiger partial charge in [-0.15, -0.1) is 0 Å². The number of nitriles is 1. The van der Waals surface area contributed by atoms with Crippen LogP contribution < -0.4 is 5.32 Å². The Morgan fingerprint density at radius 1 is 1.30 bits per heavy atom. The number of carbonyl (C=O) groups is 1. The molecule has 2 aliphatic rings. The summed E-state index contributed by atoms with van der Waals surface area (Å²) < 4.78 is 0. The van der Waals surface area contributed by atoms with Gasteiger partial charge in [0.1, 0.15) is 5.54 Å². The fourth-order valence-electron chi connectivity index (χ4n) is 3.54. The van der Waals surface area contributed by atoms with E-state index < -0.39 is 5.54 Å². The first-order valence-corrected chi connectivity index (χ1v) is 8.08. The van der Waals surface area contributed by atoms with E-state index in [0.717, 1.165) is 38.8 Å². The number of piperidine rings is 1. The van der Waals surface area contributed by atoms with E-state index in [1.807, 2.05) is 0 Å². The Bertz CT molecular complexity index is 366. The Labute approximate surface area is 122 Å². The lowest BCUT2D eigenvalue weighted by Gasteiger charge is -2.32. The maximum Gasteiger partial charge on any atom is 0.235 e. The van der Waals surface area contributed by atoms with E-state index in [-0.39, 0.29) is 5.91 Å². The molecule has 1 saturated heterocycles. The molecule has 0 spiro atoms. The molecule has 0 aromatic heterocycles. The number of hydrogen-bond acceptors (Lipinski definition) is 3. The van der Waals surface area contributed by atoms with Gasteiger partial charge >= 0.3 is 0 Å². The fourth-order valence-corrected chi connectivity index (χ4v) is 3.54. The van der Waals surface area contributed by atoms with Crippen LogP contribution in [0.15, 0.2) is 0 Å². The standard InChI is InChI=1S/C16H27N3O/c1-14-7-6-10-19(11-14)12-15(20)18-16(13-17)8-4-2-3-5-9-16/h14H,2-12H2,1H3,(H,18,20)/t14-/m0/s1. The van der Waals surface area contributed by atoms with Crippen LogP contribution in [0, 0.1) is 17.2 Å². The molecule has 4 heteroatoms. The van der Waals surface area contributed by atoms with Gasteiger partial charge < -0.3 is 5.32 Å². The monoisotopic (exact) mass is 277 g/mol. The van der Waals surface area contributed by atoms with Gasteiger partial charge in [-0.2, -0.15) is 5.26 Å². The molecule has 1 heterocycles. The molecule has 1 atom stereocenters. The molecule has 0 aromatic rings. The van der Waals surface area contributed by atoms with Gasteiger partial charge in [0.2, 0.25) is 5.91 Å². The van der Waals surface area contributed by atoms with Gasteiger partial charge in [0.15, 0.2) is 0 Å². The molecular weight excluding hydrogens is 250 g/mol. The molecule has 0 radical (unpaired) electrons. The predicted octanol–water partition coefficient (Wildman–Crippen LogP) is 2.45. The van der Waals surface area contributed by atoms with Crippen molar-refractivity contribution in [2.45, 2.75) is 63.8 Å². The van der Waals surface area contributed by atoms with E-state index in [1.165, 1.54) is 25.7 Å². The number of likely N-dealkylation sites (tertiary alicyclic amines) is 1. The zero-order chi connectivity index (χ0) is 14.4. The van der Waals surface area contributed by atoms with Crippen LogP contribution in [0.3, 0.4) is 0 Å². The molecule has 1 aliphatic carbocycles. The largest absolute Gasteiger partial charge is 0.337 e. The van der Waals surface area contributed by atoms with Crippen LogP contribution in [-0.2, 0) is 4.79 Å². The van der Waals surface area contributed by atoms with E-state index in [4.69, 9.17) is 0 Å². The second kappa shape index (κ2) is 7.08. The SMILES string of the molecule is C[C@H]1CCCN(CC(=O)NC2(C#N)CCCCCC2)C1. The molecule has 2 fully saturated rings. The Hall–Kier alpha value is -1.08. The molecule has 1 aliphatic heterocycles. The van der Waals surface area contributed by atoms with Gasteiger partial charge in [0, 0.05) is 6.54 Å². The molecule has 112 valence electrons. The summed E-state index contributed by atoms with van der Waals surface area (Å²) in [5.41, 5.74) is -0.602. The average molecular weight is 277 g/mol. The lowest BCUT2D eigenvalue weighted by molar-refractivity contribution is -0.124. The third-order valence-electron chi connectivity index (χ3n) is 4.66. The number of rotatable bonds is 3. The zero-order valence-electron chi connectivity index (χ0n) is 12.7. The second-order valence-electron chi connectivity index (χ2n) is 6.64. The summed E-state index contributed by atoms with van der Waals surface area (Å²) in [7, 11) is 0. The smallest absolute Gasteiger partial charge is 0.235 e. The van der Waals surface area contributed by atoms with Crippen molar-refractivity contribution in [1.82, 2.24) is 10.2 Å². The summed E-state index contributed by atoms with van der Waals surface area (Å²) in [6, 6.07) is 2.38. The third-order valence-corrected chi connectivity index (χ3v) is 4.66. The van der Waals surface area contributed by atoms with Crippen molar-refractivity contribution in [3.8, 4) is 6.07 Å². The van der Waals surface area contributed by atoms with E-state index in [9.17, 15) is 10.1 Å². The zero-order valence-corrected chi connectivity index (χ0v) is 12.7. The Morgan fingerprint density at radius 2 is 2.00 bits per heavy atom. The number of nitrogens with zero attached hydrogens (tertiary/aromatic N) is 2. The van der Waals surface area contributed by atoms with Gasteiger partial charge in [-0.1, -0.05) is 32.6 Å². The predicted molar refractivity (Wildman–Crippen MR) is 79.0 cm³/mol. The molecule has 0 aromatic carbocycles. The summed E-state index contributed by atoms with van der Waals surface area (Å²) in [5, 5.41) is 12.5. The van der Waals surface area contributed by atoms with E-state index in [1.54, 1.807) is 0 Å². The summed E-state index contributed by atoms with van der Waals surface area (Å²) >= 11 is 0. The van der Waals surface area contributed by atoms with Crippen molar-refractivity contribution < 1.29 is 4.79 Å². The lowest BCUT2D eigenvalue weighted by atomic mass is 9.92. The molecule has 20 heavy (non-hydrogen) atoms. The van der Waals surface area contributed by atoms with Crippen LogP contribution in [0.5, 0.6) is 0 Å². The number of hydrogen-bond donors (Lipinski definition) is 1. The summed E-state index contributed by atoms with van der Waals surface area (Å²) in [6.07, 6.45) is 8.53. The molecule has 0 unspecified atom stereocenters. The highest BCUT2D eigenvalue weighted by Crippen LogP contribution is 2.26. The fraction of sp³-hybridized carbons (Fsp3) is 0.875. The molecule has 1 saturated carbocycles. The van der Waals surface area contributed by atoms with Crippen molar-refractivity contribution in [3.63, 3.8) is 0 Å². The topological polar surface area (TPSA) is 56.1 Å². The van der Waals surface area contributed by atoms with Crippen LogP contribution in [0.2, 0.25) is 0 Å². The van der Waals surface area contributed by atoms with Crippen molar-refractivity contribution >= 4 is 5.91 Å². The molecular formula is C16H27N3O. The van der Waals surface area contributed by atoms with Crippen LogP contribution >= 0.6 is 0 Å².